The number of benzene rings is 1. The summed E-state index contributed by atoms with van der Waals surface area (Å²) in [6, 6.07) is 9.38. The van der Waals surface area contributed by atoms with E-state index in [1.807, 2.05) is 12.1 Å². The highest BCUT2D eigenvalue weighted by molar-refractivity contribution is 5.28. The first-order valence-corrected chi connectivity index (χ1v) is 7.85. The highest BCUT2D eigenvalue weighted by Crippen LogP contribution is 2.23. The van der Waals surface area contributed by atoms with Crippen molar-refractivity contribution in [2.24, 2.45) is 0 Å². The number of hydrogen-bond acceptors (Lipinski definition) is 4. The van der Waals surface area contributed by atoms with E-state index in [4.69, 9.17) is 9.47 Å². The molecule has 1 heterocycles. The molecule has 0 radical (unpaired) electrons. The molecule has 1 aliphatic heterocycles. The number of ether oxygens (including phenoxy) is 2. The summed E-state index contributed by atoms with van der Waals surface area (Å²) < 4.78 is 10.5. The van der Waals surface area contributed by atoms with Crippen molar-refractivity contribution in [3.63, 3.8) is 0 Å². The lowest BCUT2D eigenvalue weighted by Gasteiger charge is -2.31. The zero-order valence-electron chi connectivity index (χ0n) is 13.5. The molecule has 2 atom stereocenters. The zero-order valence-corrected chi connectivity index (χ0v) is 13.5. The van der Waals surface area contributed by atoms with Gasteiger partial charge in [-0.1, -0.05) is 12.1 Å². The van der Waals surface area contributed by atoms with E-state index in [0.717, 1.165) is 32.0 Å². The molecule has 1 aliphatic rings. The van der Waals surface area contributed by atoms with Gasteiger partial charge in [0.25, 0.3) is 0 Å². The van der Waals surface area contributed by atoms with Crippen LogP contribution in [0.25, 0.3) is 0 Å². The Morgan fingerprint density at radius 1 is 1.29 bits per heavy atom. The molecule has 1 saturated heterocycles. The second-order valence-corrected chi connectivity index (χ2v) is 5.73. The first-order chi connectivity index (χ1) is 10.2. The van der Waals surface area contributed by atoms with Gasteiger partial charge in [0, 0.05) is 32.3 Å². The third kappa shape index (κ3) is 4.70. The Kier molecular flexibility index (Phi) is 6.49. The van der Waals surface area contributed by atoms with Crippen molar-refractivity contribution in [3.05, 3.63) is 29.8 Å². The molecule has 1 aromatic carbocycles. The Hall–Kier alpha value is -1.10. The second kappa shape index (κ2) is 8.37. The Balaban J connectivity index is 2.01. The van der Waals surface area contributed by atoms with Gasteiger partial charge in [0.15, 0.2) is 0 Å². The Labute approximate surface area is 128 Å². The molecule has 0 bridgehead atoms. The highest BCUT2D eigenvalue weighted by atomic mass is 16.5. The van der Waals surface area contributed by atoms with Gasteiger partial charge in [-0.3, -0.25) is 4.90 Å². The lowest BCUT2D eigenvalue weighted by atomic mass is 10.1. The van der Waals surface area contributed by atoms with Crippen LogP contribution in [0.2, 0.25) is 0 Å². The summed E-state index contributed by atoms with van der Waals surface area (Å²) in [5.74, 6) is 0.909. The first kappa shape index (κ1) is 16.3. The van der Waals surface area contributed by atoms with Crippen LogP contribution < -0.4 is 10.1 Å². The number of nitrogens with one attached hydrogen (secondary N) is 1. The molecule has 118 valence electrons. The summed E-state index contributed by atoms with van der Waals surface area (Å²) in [6.07, 6.45) is 2.57. The molecule has 0 aromatic heterocycles. The van der Waals surface area contributed by atoms with E-state index in [1.165, 1.54) is 18.4 Å². The molecular weight excluding hydrogens is 264 g/mol. The maximum atomic E-state index is 5.28. The molecule has 21 heavy (non-hydrogen) atoms. The molecule has 1 N–H and O–H groups in total. The largest absolute Gasteiger partial charge is 0.497 e. The molecule has 1 fully saturated rings. The summed E-state index contributed by atoms with van der Waals surface area (Å²) in [7, 11) is 3.47. The fourth-order valence-corrected chi connectivity index (χ4v) is 2.94. The van der Waals surface area contributed by atoms with Crippen LogP contribution in [0.15, 0.2) is 24.3 Å². The van der Waals surface area contributed by atoms with Gasteiger partial charge in [0.1, 0.15) is 5.75 Å². The van der Waals surface area contributed by atoms with Crippen molar-refractivity contribution in [3.8, 4) is 5.75 Å². The predicted octanol–water partition coefficient (Wildman–Crippen LogP) is 2.46. The van der Waals surface area contributed by atoms with Gasteiger partial charge >= 0.3 is 0 Å². The van der Waals surface area contributed by atoms with Gasteiger partial charge in [0.05, 0.1) is 13.7 Å². The highest BCUT2D eigenvalue weighted by Gasteiger charge is 2.22. The second-order valence-electron chi connectivity index (χ2n) is 5.73. The van der Waals surface area contributed by atoms with Crippen molar-refractivity contribution >= 4 is 0 Å². The summed E-state index contributed by atoms with van der Waals surface area (Å²) >= 11 is 0. The number of nitrogens with zero attached hydrogens (tertiary/aromatic N) is 1. The van der Waals surface area contributed by atoms with Crippen LogP contribution in [0.4, 0.5) is 0 Å². The van der Waals surface area contributed by atoms with Crippen LogP contribution in [-0.4, -0.2) is 51.4 Å². The van der Waals surface area contributed by atoms with Crippen LogP contribution in [0.1, 0.15) is 31.4 Å². The van der Waals surface area contributed by atoms with E-state index < -0.39 is 0 Å². The van der Waals surface area contributed by atoms with E-state index in [9.17, 15) is 0 Å². The van der Waals surface area contributed by atoms with Crippen molar-refractivity contribution in [1.29, 1.82) is 0 Å². The summed E-state index contributed by atoms with van der Waals surface area (Å²) in [5, 5.41) is 3.59. The SMILES string of the molecule is COCCN(CC1CCCN1)C(C)c1ccc(OC)cc1. The lowest BCUT2D eigenvalue weighted by molar-refractivity contribution is 0.118. The maximum Gasteiger partial charge on any atom is 0.118 e. The molecule has 2 rings (SSSR count). The van der Waals surface area contributed by atoms with Gasteiger partial charge < -0.3 is 14.8 Å². The molecule has 4 nitrogen and oxygen atoms in total. The van der Waals surface area contributed by atoms with E-state index in [-0.39, 0.29) is 0 Å². The van der Waals surface area contributed by atoms with Gasteiger partial charge in [0.2, 0.25) is 0 Å². The number of hydrogen-bond donors (Lipinski definition) is 1. The molecule has 0 spiro atoms. The third-order valence-electron chi connectivity index (χ3n) is 4.35. The fraction of sp³-hybridized carbons (Fsp3) is 0.647. The molecule has 4 heteroatoms. The molecule has 1 aromatic rings. The van der Waals surface area contributed by atoms with Gasteiger partial charge in [-0.25, -0.2) is 0 Å². The minimum atomic E-state index is 0.383. The number of rotatable bonds is 8. The predicted molar refractivity (Wildman–Crippen MR) is 85.9 cm³/mol. The van der Waals surface area contributed by atoms with E-state index in [2.05, 4.69) is 29.3 Å². The average Bonchev–Trinajstić information content (AvgIpc) is 3.04. The Bertz CT molecular complexity index is 402. The van der Waals surface area contributed by atoms with Gasteiger partial charge in [-0.15, -0.1) is 0 Å². The fourth-order valence-electron chi connectivity index (χ4n) is 2.94. The van der Waals surface area contributed by atoms with E-state index >= 15 is 0 Å². The minimum absolute atomic E-state index is 0.383. The lowest BCUT2D eigenvalue weighted by Crippen LogP contribution is -2.40. The Morgan fingerprint density at radius 3 is 2.62 bits per heavy atom. The maximum absolute atomic E-state index is 5.28. The third-order valence-corrected chi connectivity index (χ3v) is 4.35. The molecule has 0 amide bonds. The Morgan fingerprint density at radius 2 is 2.05 bits per heavy atom. The quantitative estimate of drug-likeness (QED) is 0.798. The van der Waals surface area contributed by atoms with Crippen LogP contribution >= 0.6 is 0 Å². The van der Waals surface area contributed by atoms with Crippen LogP contribution in [0.5, 0.6) is 5.75 Å². The molecule has 0 aliphatic carbocycles. The molecule has 2 unspecified atom stereocenters. The van der Waals surface area contributed by atoms with E-state index in [1.54, 1.807) is 14.2 Å². The van der Waals surface area contributed by atoms with Crippen molar-refractivity contribution in [2.45, 2.75) is 31.8 Å². The average molecular weight is 292 g/mol. The summed E-state index contributed by atoms with van der Waals surface area (Å²) in [6.45, 7) is 6.23. The minimum Gasteiger partial charge on any atom is -0.497 e. The molecule has 0 saturated carbocycles. The van der Waals surface area contributed by atoms with Crippen LogP contribution in [0.3, 0.4) is 0 Å². The summed E-state index contributed by atoms with van der Waals surface area (Å²) in [4.78, 5) is 2.51. The zero-order chi connectivity index (χ0) is 15.1. The van der Waals surface area contributed by atoms with Crippen LogP contribution in [0, 0.1) is 0 Å². The normalized spacial score (nSPS) is 19.9. The topological polar surface area (TPSA) is 33.7 Å². The van der Waals surface area contributed by atoms with Crippen molar-refractivity contribution < 1.29 is 9.47 Å². The number of methoxy groups -OCH3 is 2. The van der Waals surface area contributed by atoms with Crippen molar-refractivity contribution in [1.82, 2.24) is 10.2 Å². The standard InChI is InChI=1S/C17H28N2O2/c1-14(15-6-8-17(21-3)9-7-15)19(11-12-20-2)13-16-5-4-10-18-16/h6-9,14,16,18H,4-5,10-13H2,1-3H3. The first-order valence-electron chi connectivity index (χ1n) is 7.85. The van der Waals surface area contributed by atoms with Crippen LogP contribution in [-0.2, 0) is 4.74 Å². The van der Waals surface area contributed by atoms with Gasteiger partial charge in [-0.2, -0.15) is 0 Å². The van der Waals surface area contributed by atoms with Gasteiger partial charge in [-0.05, 0) is 44.0 Å². The molecular formula is C17H28N2O2. The smallest absolute Gasteiger partial charge is 0.118 e. The summed E-state index contributed by atoms with van der Waals surface area (Å²) in [5.41, 5.74) is 1.32. The monoisotopic (exact) mass is 292 g/mol. The van der Waals surface area contributed by atoms with Crippen molar-refractivity contribution in [2.75, 3.05) is 40.5 Å². The van der Waals surface area contributed by atoms with E-state index in [0.29, 0.717) is 12.1 Å².